The maximum Gasteiger partial charge on any atom is 0.257 e. The van der Waals surface area contributed by atoms with E-state index in [9.17, 15) is 9.59 Å². The Morgan fingerprint density at radius 2 is 1.91 bits per heavy atom. The van der Waals surface area contributed by atoms with Crippen LogP contribution >= 0.6 is 0 Å². The minimum atomic E-state index is -0.677. The summed E-state index contributed by atoms with van der Waals surface area (Å²) >= 11 is 0. The number of anilines is 1. The highest BCUT2D eigenvalue weighted by Crippen LogP contribution is 2.31. The van der Waals surface area contributed by atoms with Crippen LogP contribution in [0.1, 0.15) is 67.0 Å². The standard InChI is InChI=1S/C25H31N5O4/c1-5-20-19(13-33-30-20)24(31)28-23(17-8-6-14(2)7-9-17)25(32)27-21-11-10-18(12-26-21)22-15(3)29-34-16(22)4/h10-14,17,23H,5-9H2,1-4H3,(H,28,31)(H,26,27,32). The maximum atomic E-state index is 13.3. The smallest absolute Gasteiger partial charge is 0.257 e. The highest BCUT2D eigenvalue weighted by atomic mass is 16.5. The second-order valence-corrected chi connectivity index (χ2v) is 9.12. The summed E-state index contributed by atoms with van der Waals surface area (Å²) in [5.74, 6) is 1.18. The molecule has 3 heterocycles. The quantitative estimate of drug-likeness (QED) is 0.528. The molecule has 4 rings (SSSR count). The zero-order valence-electron chi connectivity index (χ0n) is 20.1. The summed E-state index contributed by atoms with van der Waals surface area (Å²) in [7, 11) is 0. The van der Waals surface area contributed by atoms with Gasteiger partial charge in [0.05, 0.1) is 11.4 Å². The fraction of sp³-hybridized carbons (Fsp3) is 0.480. The van der Waals surface area contributed by atoms with Gasteiger partial charge in [-0.05, 0) is 57.1 Å². The number of aryl methyl sites for hydroxylation is 3. The summed E-state index contributed by atoms with van der Waals surface area (Å²) in [6, 6.07) is 2.94. The van der Waals surface area contributed by atoms with Crippen molar-refractivity contribution in [2.24, 2.45) is 11.8 Å². The van der Waals surface area contributed by atoms with E-state index in [1.54, 1.807) is 12.3 Å². The summed E-state index contributed by atoms with van der Waals surface area (Å²) in [6.45, 7) is 7.85. The zero-order valence-corrected chi connectivity index (χ0v) is 20.1. The molecule has 1 saturated carbocycles. The van der Waals surface area contributed by atoms with Gasteiger partial charge in [0.2, 0.25) is 5.91 Å². The molecule has 0 aliphatic heterocycles. The molecule has 180 valence electrons. The average molecular weight is 466 g/mol. The molecule has 9 heteroatoms. The lowest BCUT2D eigenvalue weighted by Gasteiger charge is -2.32. The van der Waals surface area contributed by atoms with E-state index in [0.29, 0.717) is 35.2 Å². The molecule has 1 aliphatic carbocycles. The number of aromatic nitrogens is 3. The van der Waals surface area contributed by atoms with E-state index in [0.717, 1.165) is 42.5 Å². The minimum Gasteiger partial charge on any atom is -0.364 e. The van der Waals surface area contributed by atoms with Crippen molar-refractivity contribution in [3.8, 4) is 11.1 Å². The van der Waals surface area contributed by atoms with E-state index in [-0.39, 0.29) is 17.7 Å². The Kier molecular flexibility index (Phi) is 7.09. The van der Waals surface area contributed by atoms with Gasteiger partial charge in [-0.25, -0.2) is 4.98 Å². The van der Waals surface area contributed by atoms with Gasteiger partial charge in [-0.1, -0.05) is 37.0 Å². The molecule has 2 N–H and O–H groups in total. The third-order valence-corrected chi connectivity index (χ3v) is 6.66. The molecular formula is C25H31N5O4. The van der Waals surface area contributed by atoms with Gasteiger partial charge in [0.15, 0.2) is 0 Å². The van der Waals surface area contributed by atoms with E-state index >= 15 is 0 Å². The van der Waals surface area contributed by atoms with Crippen LogP contribution in [0.2, 0.25) is 0 Å². The van der Waals surface area contributed by atoms with Gasteiger partial charge >= 0.3 is 0 Å². The highest BCUT2D eigenvalue weighted by Gasteiger charge is 2.33. The molecule has 34 heavy (non-hydrogen) atoms. The molecule has 2 amide bonds. The van der Waals surface area contributed by atoms with Crippen LogP contribution in [-0.2, 0) is 11.2 Å². The molecule has 0 bridgehead atoms. The van der Waals surface area contributed by atoms with E-state index in [1.807, 2.05) is 26.8 Å². The Balaban J connectivity index is 1.51. The molecule has 1 unspecified atom stereocenters. The van der Waals surface area contributed by atoms with Crippen LogP contribution in [0.15, 0.2) is 33.6 Å². The SMILES string of the molecule is CCc1nocc1C(=O)NC(C(=O)Nc1ccc(-c2c(C)noc2C)cn1)C1CCC(C)CC1. The van der Waals surface area contributed by atoms with Crippen LogP contribution in [0, 0.1) is 25.7 Å². The Bertz CT molecular complexity index is 1120. The van der Waals surface area contributed by atoms with Crippen LogP contribution in [-0.4, -0.2) is 33.2 Å². The predicted octanol–water partition coefficient (Wildman–Crippen LogP) is 4.47. The minimum absolute atomic E-state index is 0.0478. The largest absolute Gasteiger partial charge is 0.364 e. The highest BCUT2D eigenvalue weighted by molar-refractivity contribution is 6.01. The number of rotatable bonds is 7. The van der Waals surface area contributed by atoms with Crippen molar-refractivity contribution in [1.82, 2.24) is 20.6 Å². The first-order chi connectivity index (χ1) is 16.4. The number of carbonyl (C=O) groups excluding carboxylic acids is 2. The fourth-order valence-electron chi connectivity index (χ4n) is 4.65. The second kappa shape index (κ2) is 10.2. The molecule has 0 saturated heterocycles. The summed E-state index contributed by atoms with van der Waals surface area (Å²) in [5, 5.41) is 13.7. The molecule has 0 aromatic carbocycles. The van der Waals surface area contributed by atoms with Crippen molar-refractivity contribution in [3.63, 3.8) is 0 Å². The summed E-state index contributed by atoms with van der Waals surface area (Å²) < 4.78 is 10.2. The van der Waals surface area contributed by atoms with Crippen molar-refractivity contribution in [1.29, 1.82) is 0 Å². The molecule has 1 aliphatic rings. The molecule has 1 fully saturated rings. The average Bonchev–Trinajstić information content (AvgIpc) is 3.45. The van der Waals surface area contributed by atoms with Crippen LogP contribution in [0.4, 0.5) is 5.82 Å². The van der Waals surface area contributed by atoms with Crippen LogP contribution < -0.4 is 10.6 Å². The van der Waals surface area contributed by atoms with Crippen LogP contribution in [0.25, 0.3) is 11.1 Å². The van der Waals surface area contributed by atoms with Gasteiger partial charge in [-0.15, -0.1) is 0 Å². The van der Waals surface area contributed by atoms with Crippen LogP contribution in [0.5, 0.6) is 0 Å². The first kappa shape index (κ1) is 23.7. The summed E-state index contributed by atoms with van der Waals surface area (Å²) in [4.78, 5) is 30.7. The van der Waals surface area contributed by atoms with Gasteiger partial charge in [0.25, 0.3) is 5.91 Å². The Labute approximate surface area is 198 Å². The molecule has 3 aromatic rings. The normalized spacial score (nSPS) is 18.9. The lowest BCUT2D eigenvalue weighted by atomic mass is 9.79. The number of pyridine rings is 1. The first-order valence-electron chi connectivity index (χ1n) is 11.8. The van der Waals surface area contributed by atoms with Crippen molar-refractivity contribution >= 4 is 17.6 Å². The molecular weight excluding hydrogens is 434 g/mol. The van der Waals surface area contributed by atoms with Crippen molar-refractivity contribution in [2.75, 3.05) is 5.32 Å². The van der Waals surface area contributed by atoms with Gasteiger partial charge < -0.3 is 19.7 Å². The van der Waals surface area contributed by atoms with E-state index in [1.165, 1.54) is 6.26 Å². The summed E-state index contributed by atoms with van der Waals surface area (Å²) in [6.07, 6.45) is 7.40. The van der Waals surface area contributed by atoms with Gasteiger partial charge in [0, 0.05) is 17.3 Å². The lowest BCUT2D eigenvalue weighted by Crippen LogP contribution is -2.49. The van der Waals surface area contributed by atoms with E-state index in [4.69, 9.17) is 9.05 Å². The molecule has 0 spiro atoms. The number of carbonyl (C=O) groups is 2. The number of amides is 2. The predicted molar refractivity (Wildman–Crippen MR) is 126 cm³/mol. The molecule has 9 nitrogen and oxygen atoms in total. The lowest BCUT2D eigenvalue weighted by molar-refractivity contribution is -0.119. The number of hydrogen-bond acceptors (Lipinski definition) is 7. The number of nitrogens with zero attached hydrogens (tertiary/aromatic N) is 3. The van der Waals surface area contributed by atoms with Crippen molar-refractivity contribution < 1.29 is 18.6 Å². The van der Waals surface area contributed by atoms with Crippen LogP contribution in [0.3, 0.4) is 0 Å². The third kappa shape index (κ3) is 5.03. The first-order valence-corrected chi connectivity index (χ1v) is 11.8. The topological polar surface area (TPSA) is 123 Å². The van der Waals surface area contributed by atoms with Gasteiger partial charge in [-0.2, -0.15) is 0 Å². The molecule has 0 radical (unpaired) electrons. The molecule has 3 aromatic heterocycles. The number of nitrogens with one attached hydrogen (secondary N) is 2. The maximum absolute atomic E-state index is 13.3. The molecule has 1 atom stereocenters. The Morgan fingerprint density at radius 3 is 2.53 bits per heavy atom. The zero-order chi connectivity index (χ0) is 24.2. The summed E-state index contributed by atoms with van der Waals surface area (Å²) in [5.41, 5.74) is 3.48. The Morgan fingerprint density at radius 1 is 1.15 bits per heavy atom. The van der Waals surface area contributed by atoms with Crippen molar-refractivity contribution in [3.05, 3.63) is 47.3 Å². The van der Waals surface area contributed by atoms with Gasteiger partial charge in [0.1, 0.15) is 29.4 Å². The Hall–Kier alpha value is -3.49. The third-order valence-electron chi connectivity index (χ3n) is 6.66. The number of hydrogen-bond donors (Lipinski definition) is 2. The van der Waals surface area contributed by atoms with E-state index in [2.05, 4.69) is 32.9 Å². The second-order valence-electron chi connectivity index (χ2n) is 9.12. The van der Waals surface area contributed by atoms with Gasteiger partial charge in [-0.3, -0.25) is 9.59 Å². The van der Waals surface area contributed by atoms with E-state index < -0.39 is 6.04 Å². The fourth-order valence-corrected chi connectivity index (χ4v) is 4.65. The monoisotopic (exact) mass is 465 g/mol. The van der Waals surface area contributed by atoms with Crippen molar-refractivity contribution in [2.45, 2.75) is 65.8 Å².